The molecule has 0 saturated carbocycles. The number of esters is 1. The fourth-order valence-corrected chi connectivity index (χ4v) is 3.22. The first kappa shape index (κ1) is 20.1. The van der Waals surface area contributed by atoms with E-state index in [9.17, 15) is 4.79 Å². The fourth-order valence-electron chi connectivity index (χ4n) is 2.75. The van der Waals surface area contributed by atoms with Gasteiger partial charge in [0.1, 0.15) is 0 Å². The number of imidazole rings is 1. The number of aromatic nitrogens is 4. The molecule has 0 spiro atoms. The molecular formula is C19H22BrN5O3. The minimum Gasteiger partial charge on any atom is -0.469 e. The van der Waals surface area contributed by atoms with Gasteiger partial charge in [-0.2, -0.15) is 9.97 Å². The summed E-state index contributed by atoms with van der Waals surface area (Å²) in [5, 5.41) is 0. The number of fused-ring (bicyclic) bond motifs is 1. The van der Waals surface area contributed by atoms with E-state index in [0.717, 1.165) is 24.0 Å². The Kier molecular flexibility index (Phi) is 6.45. The monoisotopic (exact) mass is 447 g/mol. The maximum absolute atomic E-state index is 11.5. The summed E-state index contributed by atoms with van der Waals surface area (Å²) in [6.07, 6.45) is 2.15. The molecular weight excluding hydrogens is 426 g/mol. The number of nitrogens with two attached hydrogens (primary N) is 1. The summed E-state index contributed by atoms with van der Waals surface area (Å²) in [5.41, 5.74) is 9.02. The van der Waals surface area contributed by atoms with Crippen LogP contribution < -0.4 is 10.5 Å². The number of carbonyl (C=O) groups is 1. The molecule has 0 atom stereocenters. The molecule has 0 radical (unpaired) electrons. The van der Waals surface area contributed by atoms with E-state index in [2.05, 4.69) is 37.8 Å². The highest BCUT2D eigenvalue weighted by Crippen LogP contribution is 2.25. The number of rotatable bonds is 8. The maximum atomic E-state index is 11.5. The Bertz CT molecular complexity index is 989. The van der Waals surface area contributed by atoms with Crippen LogP contribution in [0.25, 0.3) is 11.2 Å². The van der Waals surface area contributed by atoms with Gasteiger partial charge in [-0.15, -0.1) is 0 Å². The van der Waals surface area contributed by atoms with Gasteiger partial charge in [0.2, 0.25) is 0 Å². The molecule has 0 aliphatic carbocycles. The van der Waals surface area contributed by atoms with E-state index >= 15 is 0 Å². The van der Waals surface area contributed by atoms with E-state index in [4.69, 9.17) is 15.2 Å². The van der Waals surface area contributed by atoms with Crippen molar-refractivity contribution < 1.29 is 14.3 Å². The zero-order chi connectivity index (χ0) is 20.1. The van der Waals surface area contributed by atoms with Crippen molar-refractivity contribution in [2.75, 3.05) is 19.5 Å². The Morgan fingerprint density at radius 3 is 2.79 bits per heavy atom. The van der Waals surface area contributed by atoms with Gasteiger partial charge in [-0.3, -0.25) is 9.36 Å². The van der Waals surface area contributed by atoms with Crippen molar-refractivity contribution in [3.05, 3.63) is 40.1 Å². The zero-order valence-corrected chi connectivity index (χ0v) is 17.4. The van der Waals surface area contributed by atoms with E-state index in [1.54, 1.807) is 0 Å². The van der Waals surface area contributed by atoms with Crippen LogP contribution in [0.1, 0.15) is 30.9 Å². The summed E-state index contributed by atoms with van der Waals surface area (Å²) in [7, 11) is 1.38. The first-order chi connectivity index (χ1) is 13.5. The first-order valence-corrected chi connectivity index (χ1v) is 9.77. The van der Waals surface area contributed by atoms with Gasteiger partial charge < -0.3 is 15.2 Å². The molecule has 2 N–H and O–H groups in total. The molecule has 0 unspecified atom stereocenters. The predicted molar refractivity (Wildman–Crippen MR) is 109 cm³/mol. The fraction of sp³-hybridized carbons (Fsp3) is 0.368. The van der Waals surface area contributed by atoms with Gasteiger partial charge in [0.05, 0.1) is 26.7 Å². The number of unbranched alkanes of at least 4 members (excludes halogenated alkanes) is 1. The van der Waals surface area contributed by atoms with Gasteiger partial charge in [0.15, 0.2) is 21.7 Å². The molecule has 0 amide bonds. The van der Waals surface area contributed by atoms with E-state index in [0.29, 0.717) is 29.0 Å². The third-order valence-electron chi connectivity index (χ3n) is 4.19. The zero-order valence-electron chi connectivity index (χ0n) is 15.8. The van der Waals surface area contributed by atoms with E-state index < -0.39 is 0 Å². The molecule has 0 bridgehead atoms. The van der Waals surface area contributed by atoms with Crippen LogP contribution in [0, 0.1) is 0 Å². The Balaban J connectivity index is 1.91. The number of hydrogen-bond acceptors (Lipinski definition) is 7. The molecule has 28 heavy (non-hydrogen) atoms. The molecule has 3 aromatic rings. The van der Waals surface area contributed by atoms with Crippen LogP contribution >= 0.6 is 15.9 Å². The molecule has 0 aliphatic rings. The largest absolute Gasteiger partial charge is 0.469 e. The lowest BCUT2D eigenvalue weighted by molar-refractivity contribution is -0.139. The summed E-state index contributed by atoms with van der Waals surface area (Å²) < 4.78 is 12.8. The minimum absolute atomic E-state index is 0.223. The molecule has 9 heteroatoms. The molecule has 148 valence electrons. The molecule has 0 saturated heterocycles. The lowest BCUT2D eigenvalue weighted by atomic mass is 10.1. The molecule has 1 aromatic carbocycles. The molecule has 3 rings (SSSR count). The second kappa shape index (κ2) is 9.01. The number of carbonyl (C=O) groups excluding carboxylic acids is 1. The Morgan fingerprint density at radius 2 is 2.04 bits per heavy atom. The van der Waals surface area contributed by atoms with Crippen LogP contribution in [0.5, 0.6) is 6.01 Å². The Hall–Kier alpha value is -2.68. The molecule has 8 nitrogen and oxygen atoms in total. The van der Waals surface area contributed by atoms with Crippen molar-refractivity contribution in [2.45, 2.75) is 32.7 Å². The molecule has 2 heterocycles. The highest BCUT2D eigenvalue weighted by Gasteiger charge is 2.16. The summed E-state index contributed by atoms with van der Waals surface area (Å²) in [5.74, 6) is -0.00353. The lowest BCUT2D eigenvalue weighted by Gasteiger charge is -2.09. The van der Waals surface area contributed by atoms with Crippen molar-refractivity contribution in [1.82, 2.24) is 19.5 Å². The number of benzene rings is 1. The average Bonchev–Trinajstić information content (AvgIpc) is 2.98. The molecule has 2 aromatic heterocycles. The number of ether oxygens (including phenoxy) is 2. The highest BCUT2D eigenvalue weighted by atomic mass is 79.9. The molecule has 0 fully saturated rings. The number of methoxy groups -OCH3 is 1. The summed E-state index contributed by atoms with van der Waals surface area (Å²) in [6.45, 7) is 3.12. The van der Waals surface area contributed by atoms with Crippen molar-refractivity contribution in [2.24, 2.45) is 0 Å². The second-order valence-electron chi connectivity index (χ2n) is 6.31. The third kappa shape index (κ3) is 4.59. The molecule has 0 aliphatic heterocycles. The van der Waals surface area contributed by atoms with Gasteiger partial charge >= 0.3 is 12.0 Å². The lowest BCUT2D eigenvalue weighted by Crippen LogP contribution is -2.07. The van der Waals surface area contributed by atoms with Crippen LogP contribution in [-0.4, -0.2) is 39.2 Å². The van der Waals surface area contributed by atoms with Crippen LogP contribution in [0.15, 0.2) is 29.0 Å². The predicted octanol–water partition coefficient (Wildman–Crippen LogP) is 3.11. The smallest absolute Gasteiger partial charge is 0.320 e. The van der Waals surface area contributed by atoms with Crippen LogP contribution in [0.4, 0.5) is 5.82 Å². The van der Waals surface area contributed by atoms with Crippen molar-refractivity contribution in [1.29, 1.82) is 0 Å². The van der Waals surface area contributed by atoms with Crippen molar-refractivity contribution >= 4 is 38.9 Å². The van der Waals surface area contributed by atoms with Crippen LogP contribution in [0.2, 0.25) is 0 Å². The van der Waals surface area contributed by atoms with E-state index in [1.165, 1.54) is 7.11 Å². The summed E-state index contributed by atoms with van der Waals surface area (Å²) >= 11 is 3.47. The number of halogens is 1. The van der Waals surface area contributed by atoms with E-state index in [1.807, 2.05) is 28.8 Å². The first-order valence-electron chi connectivity index (χ1n) is 8.98. The SMILES string of the molecule is CCCCOc1nc(N)c2nc(Br)n(Cc3cccc(CC(=O)OC)c3)c2n1. The topological polar surface area (TPSA) is 105 Å². The number of anilines is 1. The van der Waals surface area contributed by atoms with Crippen LogP contribution in [-0.2, 0) is 22.5 Å². The van der Waals surface area contributed by atoms with Crippen molar-refractivity contribution in [3.63, 3.8) is 0 Å². The summed E-state index contributed by atoms with van der Waals surface area (Å²) in [6, 6.07) is 7.97. The highest BCUT2D eigenvalue weighted by molar-refractivity contribution is 9.10. The standard InChI is InChI=1S/C19H22BrN5O3/c1-3-4-8-28-19-23-16(21)15-17(24-19)25(18(20)22-15)11-13-7-5-6-12(9-13)10-14(26)27-2/h5-7,9H,3-4,8,10-11H2,1-2H3,(H2,21,23,24). The van der Waals surface area contributed by atoms with E-state index in [-0.39, 0.29) is 24.2 Å². The van der Waals surface area contributed by atoms with Gasteiger partial charge in [-0.1, -0.05) is 37.6 Å². The number of nitrogens with zero attached hydrogens (tertiary/aromatic N) is 4. The van der Waals surface area contributed by atoms with Crippen LogP contribution in [0.3, 0.4) is 0 Å². The van der Waals surface area contributed by atoms with Gasteiger partial charge in [0, 0.05) is 0 Å². The second-order valence-corrected chi connectivity index (χ2v) is 7.01. The Morgan fingerprint density at radius 1 is 1.25 bits per heavy atom. The normalized spacial score (nSPS) is 11.0. The number of nitrogen functional groups attached to an aromatic ring is 1. The quantitative estimate of drug-likeness (QED) is 0.321. The number of hydrogen-bond donors (Lipinski definition) is 1. The average molecular weight is 448 g/mol. The minimum atomic E-state index is -0.277. The third-order valence-corrected chi connectivity index (χ3v) is 4.80. The van der Waals surface area contributed by atoms with Crippen molar-refractivity contribution in [3.8, 4) is 6.01 Å². The van der Waals surface area contributed by atoms with Gasteiger partial charge in [-0.25, -0.2) is 4.98 Å². The van der Waals surface area contributed by atoms with Gasteiger partial charge in [-0.05, 0) is 33.5 Å². The maximum Gasteiger partial charge on any atom is 0.320 e. The summed E-state index contributed by atoms with van der Waals surface area (Å²) in [4.78, 5) is 24.6. The Labute approximate surface area is 171 Å². The van der Waals surface area contributed by atoms with Gasteiger partial charge in [0.25, 0.3) is 0 Å².